The molecule has 0 bridgehead atoms. The molecule has 102 valence electrons. The highest BCUT2D eigenvalue weighted by molar-refractivity contribution is 9.10. The highest BCUT2D eigenvalue weighted by Crippen LogP contribution is 2.25. The predicted octanol–water partition coefficient (Wildman–Crippen LogP) is 3.95. The Hall–Kier alpha value is -0.840. The zero-order valence-corrected chi connectivity index (χ0v) is 13.2. The second-order valence-corrected chi connectivity index (χ2v) is 5.83. The van der Waals surface area contributed by atoms with Gasteiger partial charge in [0.05, 0.1) is 22.4 Å². The lowest BCUT2D eigenvalue weighted by atomic mass is 10.0. The van der Waals surface area contributed by atoms with Gasteiger partial charge in [0, 0.05) is 11.6 Å². The van der Waals surface area contributed by atoms with Crippen molar-refractivity contribution in [1.82, 2.24) is 9.78 Å². The Morgan fingerprint density at radius 3 is 2.95 bits per heavy atom. The average Bonchev–Trinajstić information content (AvgIpc) is 2.71. The van der Waals surface area contributed by atoms with Crippen molar-refractivity contribution in [3.8, 4) is 0 Å². The molecule has 0 fully saturated rings. The minimum atomic E-state index is -0.0955. The van der Waals surface area contributed by atoms with Crippen molar-refractivity contribution in [2.45, 2.75) is 32.4 Å². The van der Waals surface area contributed by atoms with Crippen LogP contribution in [0.2, 0.25) is 5.02 Å². The van der Waals surface area contributed by atoms with Crippen molar-refractivity contribution in [2.24, 2.45) is 5.73 Å². The molecule has 0 radical (unpaired) electrons. The average molecular weight is 343 g/mol. The van der Waals surface area contributed by atoms with E-state index in [0.717, 1.165) is 40.1 Å². The standard InChI is InChI=1S/C14H17BrClN3/c1-2-6-19-14(12(15)9-18-19)13(17)8-10-4-3-5-11(16)7-10/h3-5,7,9,13H,2,6,8,17H2,1H3. The second-order valence-electron chi connectivity index (χ2n) is 4.54. The first-order chi connectivity index (χ1) is 9.11. The van der Waals surface area contributed by atoms with Gasteiger partial charge in [-0.2, -0.15) is 5.10 Å². The summed E-state index contributed by atoms with van der Waals surface area (Å²) in [6, 6.07) is 7.72. The van der Waals surface area contributed by atoms with Crippen LogP contribution in [0.15, 0.2) is 34.9 Å². The first kappa shape index (κ1) is 14.6. The summed E-state index contributed by atoms with van der Waals surface area (Å²) in [5, 5.41) is 5.09. The van der Waals surface area contributed by atoms with Crippen LogP contribution < -0.4 is 5.73 Å². The number of hydrogen-bond acceptors (Lipinski definition) is 2. The molecule has 0 saturated heterocycles. The summed E-state index contributed by atoms with van der Waals surface area (Å²) in [5.74, 6) is 0. The van der Waals surface area contributed by atoms with Gasteiger partial charge in [0.1, 0.15) is 0 Å². The van der Waals surface area contributed by atoms with Crippen molar-refractivity contribution in [1.29, 1.82) is 0 Å². The third-order valence-electron chi connectivity index (χ3n) is 2.96. The Bertz CT molecular complexity index is 553. The van der Waals surface area contributed by atoms with Crippen molar-refractivity contribution < 1.29 is 0 Å². The minimum Gasteiger partial charge on any atom is -0.322 e. The molecule has 2 rings (SSSR count). The maximum absolute atomic E-state index is 6.32. The Balaban J connectivity index is 2.20. The van der Waals surface area contributed by atoms with Crippen LogP contribution in [0, 0.1) is 0 Å². The molecule has 2 aromatic rings. The van der Waals surface area contributed by atoms with Crippen LogP contribution in [0.3, 0.4) is 0 Å². The van der Waals surface area contributed by atoms with E-state index in [1.165, 1.54) is 0 Å². The Kier molecular flexibility index (Phi) is 5.02. The molecule has 2 N–H and O–H groups in total. The highest BCUT2D eigenvalue weighted by atomic mass is 79.9. The highest BCUT2D eigenvalue weighted by Gasteiger charge is 2.16. The molecule has 0 saturated carbocycles. The second kappa shape index (κ2) is 6.55. The molecule has 0 aliphatic rings. The van der Waals surface area contributed by atoms with Crippen LogP contribution in [0.25, 0.3) is 0 Å². The lowest BCUT2D eigenvalue weighted by Crippen LogP contribution is -2.19. The topological polar surface area (TPSA) is 43.8 Å². The molecular weight excluding hydrogens is 326 g/mol. The summed E-state index contributed by atoms with van der Waals surface area (Å²) >= 11 is 9.52. The zero-order chi connectivity index (χ0) is 13.8. The van der Waals surface area contributed by atoms with Crippen LogP contribution in [0.5, 0.6) is 0 Å². The smallest absolute Gasteiger partial charge is 0.0696 e. The van der Waals surface area contributed by atoms with Crippen LogP contribution in [-0.2, 0) is 13.0 Å². The monoisotopic (exact) mass is 341 g/mol. The van der Waals surface area contributed by atoms with Gasteiger partial charge < -0.3 is 5.73 Å². The van der Waals surface area contributed by atoms with Crippen molar-refractivity contribution >= 4 is 27.5 Å². The Morgan fingerprint density at radius 1 is 1.47 bits per heavy atom. The molecule has 0 amide bonds. The number of rotatable bonds is 5. The van der Waals surface area contributed by atoms with E-state index in [1.807, 2.05) is 35.1 Å². The maximum Gasteiger partial charge on any atom is 0.0696 e. The van der Waals surface area contributed by atoms with Gasteiger partial charge >= 0.3 is 0 Å². The molecule has 5 heteroatoms. The van der Waals surface area contributed by atoms with E-state index < -0.39 is 0 Å². The molecule has 1 aromatic heterocycles. The molecule has 0 aliphatic carbocycles. The molecule has 1 heterocycles. The Labute approximate surface area is 126 Å². The first-order valence-corrected chi connectivity index (χ1v) is 7.50. The summed E-state index contributed by atoms with van der Waals surface area (Å²) in [6.45, 7) is 3.01. The summed E-state index contributed by atoms with van der Waals surface area (Å²) in [6.07, 6.45) is 3.59. The van der Waals surface area contributed by atoms with Crippen LogP contribution in [-0.4, -0.2) is 9.78 Å². The van der Waals surface area contributed by atoms with Gasteiger partial charge in [-0.3, -0.25) is 4.68 Å². The van der Waals surface area contributed by atoms with E-state index >= 15 is 0 Å². The van der Waals surface area contributed by atoms with Gasteiger partial charge in [-0.25, -0.2) is 0 Å². The lowest BCUT2D eigenvalue weighted by molar-refractivity contribution is 0.536. The summed E-state index contributed by atoms with van der Waals surface area (Å²) in [5.41, 5.74) is 8.50. The molecule has 1 aromatic carbocycles. The van der Waals surface area contributed by atoms with Crippen LogP contribution in [0.1, 0.15) is 30.6 Å². The number of nitrogens with two attached hydrogens (primary N) is 1. The largest absolute Gasteiger partial charge is 0.322 e. The fraction of sp³-hybridized carbons (Fsp3) is 0.357. The molecule has 3 nitrogen and oxygen atoms in total. The van der Waals surface area contributed by atoms with E-state index in [0.29, 0.717) is 0 Å². The first-order valence-electron chi connectivity index (χ1n) is 6.33. The Morgan fingerprint density at radius 2 is 2.26 bits per heavy atom. The lowest BCUT2D eigenvalue weighted by Gasteiger charge is -2.15. The summed E-state index contributed by atoms with van der Waals surface area (Å²) in [7, 11) is 0. The quantitative estimate of drug-likeness (QED) is 0.894. The third-order valence-corrected chi connectivity index (χ3v) is 3.81. The zero-order valence-electron chi connectivity index (χ0n) is 10.8. The molecular formula is C14H17BrClN3. The fourth-order valence-corrected chi connectivity index (χ4v) is 2.95. The molecule has 0 aliphatic heterocycles. The predicted molar refractivity (Wildman–Crippen MR) is 82.3 cm³/mol. The number of halogens is 2. The van der Waals surface area contributed by atoms with Crippen molar-refractivity contribution in [2.75, 3.05) is 0 Å². The van der Waals surface area contributed by atoms with E-state index in [4.69, 9.17) is 17.3 Å². The minimum absolute atomic E-state index is 0.0955. The van der Waals surface area contributed by atoms with E-state index in [-0.39, 0.29) is 6.04 Å². The van der Waals surface area contributed by atoms with E-state index in [2.05, 4.69) is 28.0 Å². The molecule has 0 spiro atoms. The number of hydrogen-bond donors (Lipinski definition) is 1. The third kappa shape index (κ3) is 3.59. The molecule has 1 unspecified atom stereocenters. The number of aromatic nitrogens is 2. The number of aryl methyl sites for hydroxylation is 1. The van der Waals surface area contributed by atoms with Gasteiger partial charge in [0.15, 0.2) is 0 Å². The number of benzene rings is 1. The van der Waals surface area contributed by atoms with E-state index in [9.17, 15) is 0 Å². The van der Waals surface area contributed by atoms with Crippen LogP contribution >= 0.6 is 27.5 Å². The summed E-state index contributed by atoms with van der Waals surface area (Å²) < 4.78 is 2.94. The maximum atomic E-state index is 6.32. The normalized spacial score (nSPS) is 12.6. The van der Waals surface area contributed by atoms with Gasteiger partial charge in [0.25, 0.3) is 0 Å². The van der Waals surface area contributed by atoms with Gasteiger partial charge in [0.2, 0.25) is 0 Å². The SMILES string of the molecule is CCCn1ncc(Br)c1C(N)Cc1cccc(Cl)c1. The molecule has 1 atom stereocenters. The molecule has 19 heavy (non-hydrogen) atoms. The van der Waals surface area contributed by atoms with Crippen molar-refractivity contribution in [3.63, 3.8) is 0 Å². The van der Waals surface area contributed by atoms with Crippen molar-refractivity contribution in [3.05, 3.63) is 51.2 Å². The van der Waals surface area contributed by atoms with Gasteiger partial charge in [-0.15, -0.1) is 0 Å². The number of nitrogens with zero attached hydrogens (tertiary/aromatic N) is 2. The van der Waals surface area contributed by atoms with Gasteiger partial charge in [-0.1, -0.05) is 30.7 Å². The summed E-state index contributed by atoms with van der Waals surface area (Å²) in [4.78, 5) is 0. The fourth-order valence-electron chi connectivity index (χ4n) is 2.15. The van der Waals surface area contributed by atoms with Gasteiger partial charge in [-0.05, 0) is 46.5 Å². The van der Waals surface area contributed by atoms with Crippen LogP contribution in [0.4, 0.5) is 0 Å². The van der Waals surface area contributed by atoms with E-state index in [1.54, 1.807) is 0 Å².